The van der Waals surface area contributed by atoms with Crippen molar-refractivity contribution in [2.45, 2.75) is 18.6 Å². The zero-order valence-corrected chi connectivity index (χ0v) is 16.1. The van der Waals surface area contributed by atoms with E-state index in [-0.39, 0.29) is 11.9 Å². The molecule has 0 radical (unpaired) electrons. The van der Waals surface area contributed by atoms with Gasteiger partial charge >= 0.3 is 0 Å². The van der Waals surface area contributed by atoms with Crippen LogP contribution in [0.3, 0.4) is 0 Å². The molecule has 4 heterocycles. The van der Waals surface area contributed by atoms with Crippen LogP contribution in [0.15, 0.2) is 42.6 Å². The molecule has 0 amide bonds. The van der Waals surface area contributed by atoms with Crippen LogP contribution in [-0.2, 0) is 4.74 Å². The summed E-state index contributed by atoms with van der Waals surface area (Å²) in [6.45, 7) is 4.38. The Kier molecular flexibility index (Phi) is 4.91. The molecule has 2 aliphatic rings. The molecule has 2 aliphatic heterocycles. The maximum absolute atomic E-state index is 14.4. The molecule has 3 aromatic rings. The normalized spacial score (nSPS) is 23.6. The Morgan fingerprint density at radius 3 is 2.79 bits per heavy atom. The first-order valence-corrected chi connectivity index (χ1v) is 10.1. The molecule has 0 bridgehead atoms. The predicted molar refractivity (Wildman–Crippen MR) is 107 cm³/mol. The van der Waals surface area contributed by atoms with Gasteiger partial charge < -0.3 is 14.7 Å². The van der Waals surface area contributed by atoms with Crippen molar-refractivity contribution in [1.82, 2.24) is 19.5 Å². The maximum atomic E-state index is 14.4. The molecule has 0 aliphatic carbocycles. The highest BCUT2D eigenvalue weighted by Crippen LogP contribution is 2.27. The standard InChI is InChI=1S/C21H24FN5O2/c22-16-5-2-1-4-15(16)17-12-21(27-20(24-17)6-7-23-27)26-9-3-8-25(10-11-26)18-13-29-14-19(18)28/h1-2,4-7,12,18-19,28H,3,8-11,13-14H2/t18-,19-/m0/s1. The van der Waals surface area contributed by atoms with Crippen molar-refractivity contribution in [1.29, 1.82) is 0 Å². The Labute approximate surface area is 168 Å². The zero-order valence-electron chi connectivity index (χ0n) is 16.1. The lowest BCUT2D eigenvalue weighted by molar-refractivity contribution is 0.0859. The van der Waals surface area contributed by atoms with Gasteiger partial charge in [0.15, 0.2) is 5.65 Å². The Hall–Kier alpha value is -2.55. The molecule has 1 aromatic carbocycles. The van der Waals surface area contributed by atoms with Crippen LogP contribution in [0, 0.1) is 5.82 Å². The van der Waals surface area contributed by atoms with Crippen LogP contribution < -0.4 is 4.90 Å². The summed E-state index contributed by atoms with van der Waals surface area (Å²) in [7, 11) is 0. The molecule has 0 unspecified atom stereocenters. The first-order valence-electron chi connectivity index (χ1n) is 10.1. The van der Waals surface area contributed by atoms with Gasteiger partial charge in [-0.2, -0.15) is 9.61 Å². The van der Waals surface area contributed by atoms with Crippen LogP contribution in [0.25, 0.3) is 16.9 Å². The summed E-state index contributed by atoms with van der Waals surface area (Å²) in [5.41, 5.74) is 1.79. The number of halogens is 1. The van der Waals surface area contributed by atoms with Gasteiger partial charge in [-0.1, -0.05) is 12.1 Å². The van der Waals surface area contributed by atoms with E-state index in [1.165, 1.54) is 6.07 Å². The lowest BCUT2D eigenvalue weighted by Gasteiger charge is -2.28. The molecule has 5 rings (SSSR count). The molecule has 2 saturated heterocycles. The molecular weight excluding hydrogens is 373 g/mol. The predicted octanol–water partition coefficient (Wildman–Crippen LogP) is 1.81. The Morgan fingerprint density at radius 2 is 1.97 bits per heavy atom. The quantitative estimate of drug-likeness (QED) is 0.727. The Balaban J connectivity index is 1.46. The first kappa shape index (κ1) is 18.5. The largest absolute Gasteiger partial charge is 0.389 e. The van der Waals surface area contributed by atoms with E-state index in [0.29, 0.717) is 30.1 Å². The molecule has 8 heteroatoms. The second kappa shape index (κ2) is 7.70. The number of hydrogen-bond donors (Lipinski definition) is 1. The number of nitrogens with zero attached hydrogens (tertiary/aromatic N) is 5. The second-order valence-electron chi connectivity index (χ2n) is 7.63. The first-order chi connectivity index (χ1) is 14.2. The van der Waals surface area contributed by atoms with Crippen molar-refractivity contribution in [3.05, 3.63) is 48.4 Å². The lowest BCUT2D eigenvalue weighted by Crippen LogP contribution is -2.44. The van der Waals surface area contributed by atoms with Crippen LogP contribution in [0.2, 0.25) is 0 Å². The molecule has 2 aromatic heterocycles. The van der Waals surface area contributed by atoms with Crippen molar-refractivity contribution in [2.24, 2.45) is 0 Å². The van der Waals surface area contributed by atoms with Gasteiger partial charge in [0.2, 0.25) is 0 Å². The lowest BCUT2D eigenvalue weighted by atomic mass is 10.1. The summed E-state index contributed by atoms with van der Waals surface area (Å²) in [6.07, 6.45) is 2.25. The van der Waals surface area contributed by atoms with Crippen LogP contribution in [0.4, 0.5) is 10.2 Å². The van der Waals surface area contributed by atoms with E-state index in [1.54, 1.807) is 18.3 Å². The third-order valence-corrected chi connectivity index (χ3v) is 5.84. The van der Waals surface area contributed by atoms with Gasteiger partial charge in [-0.3, -0.25) is 4.90 Å². The summed E-state index contributed by atoms with van der Waals surface area (Å²) in [5, 5.41) is 14.6. The number of aromatic nitrogens is 3. The molecule has 1 N–H and O–H groups in total. The zero-order chi connectivity index (χ0) is 19.8. The van der Waals surface area contributed by atoms with Gasteiger partial charge in [0, 0.05) is 43.9 Å². The van der Waals surface area contributed by atoms with Gasteiger partial charge in [-0.15, -0.1) is 0 Å². The van der Waals surface area contributed by atoms with Crippen LogP contribution in [0.1, 0.15) is 6.42 Å². The Bertz CT molecular complexity index is 1010. The third-order valence-electron chi connectivity index (χ3n) is 5.84. The highest BCUT2D eigenvalue weighted by molar-refractivity contribution is 5.67. The maximum Gasteiger partial charge on any atom is 0.157 e. The topological polar surface area (TPSA) is 66.1 Å². The number of hydrogen-bond acceptors (Lipinski definition) is 6. The number of benzene rings is 1. The number of aliphatic hydroxyl groups is 1. The van der Waals surface area contributed by atoms with Crippen molar-refractivity contribution in [3.8, 4) is 11.3 Å². The van der Waals surface area contributed by atoms with Crippen molar-refractivity contribution >= 4 is 11.5 Å². The molecule has 0 saturated carbocycles. The molecule has 2 fully saturated rings. The van der Waals surface area contributed by atoms with Gasteiger partial charge in [0.1, 0.15) is 11.6 Å². The average Bonchev–Trinajstić information content (AvgIpc) is 3.30. The van der Waals surface area contributed by atoms with Crippen LogP contribution >= 0.6 is 0 Å². The fourth-order valence-electron chi connectivity index (χ4n) is 4.31. The van der Waals surface area contributed by atoms with Crippen molar-refractivity contribution in [2.75, 3.05) is 44.3 Å². The smallest absolute Gasteiger partial charge is 0.157 e. The summed E-state index contributed by atoms with van der Waals surface area (Å²) in [5.74, 6) is 0.621. The Morgan fingerprint density at radius 1 is 1.07 bits per heavy atom. The van der Waals surface area contributed by atoms with E-state index in [9.17, 15) is 9.50 Å². The SMILES string of the molecule is O[C@H]1COC[C@@H]1N1CCCN(c2cc(-c3ccccc3F)nc3ccnn23)CC1. The summed E-state index contributed by atoms with van der Waals surface area (Å²) < 4.78 is 21.6. The van der Waals surface area contributed by atoms with Crippen LogP contribution in [0.5, 0.6) is 0 Å². The number of fused-ring (bicyclic) bond motifs is 1. The third kappa shape index (κ3) is 3.48. The van der Waals surface area contributed by atoms with Crippen molar-refractivity contribution in [3.63, 3.8) is 0 Å². The molecular formula is C21H24FN5O2. The van der Waals surface area contributed by atoms with Crippen LogP contribution in [-0.4, -0.2) is 76.1 Å². The number of anilines is 1. The molecule has 2 atom stereocenters. The van der Waals surface area contributed by atoms with E-state index in [0.717, 1.165) is 38.4 Å². The highest BCUT2D eigenvalue weighted by atomic mass is 19.1. The van der Waals surface area contributed by atoms with Gasteiger partial charge in [-0.05, 0) is 18.6 Å². The number of rotatable bonds is 3. The number of aliphatic hydroxyl groups excluding tert-OH is 1. The fraction of sp³-hybridized carbons (Fsp3) is 0.429. The van der Waals surface area contributed by atoms with E-state index in [2.05, 4.69) is 19.9 Å². The summed E-state index contributed by atoms with van der Waals surface area (Å²) in [6, 6.07) is 10.5. The van der Waals surface area contributed by atoms with E-state index < -0.39 is 6.10 Å². The summed E-state index contributed by atoms with van der Waals surface area (Å²) >= 11 is 0. The van der Waals surface area contributed by atoms with Gasteiger partial charge in [0.25, 0.3) is 0 Å². The second-order valence-corrected chi connectivity index (χ2v) is 7.63. The minimum atomic E-state index is -0.423. The summed E-state index contributed by atoms with van der Waals surface area (Å²) in [4.78, 5) is 9.20. The van der Waals surface area contributed by atoms with Gasteiger partial charge in [-0.25, -0.2) is 9.37 Å². The minimum absolute atomic E-state index is 0.0612. The van der Waals surface area contributed by atoms with Gasteiger partial charge in [0.05, 0.1) is 37.3 Å². The number of ether oxygens (including phenoxy) is 1. The van der Waals surface area contributed by atoms with E-state index in [1.807, 2.05) is 22.7 Å². The van der Waals surface area contributed by atoms with E-state index in [4.69, 9.17) is 4.74 Å². The molecule has 152 valence electrons. The minimum Gasteiger partial charge on any atom is -0.389 e. The van der Waals surface area contributed by atoms with Crippen molar-refractivity contribution < 1.29 is 14.2 Å². The molecule has 7 nitrogen and oxygen atoms in total. The van der Waals surface area contributed by atoms with E-state index >= 15 is 0 Å². The highest BCUT2D eigenvalue weighted by Gasteiger charge is 2.32. The molecule has 0 spiro atoms. The average molecular weight is 397 g/mol. The monoisotopic (exact) mass is 397 g/mol. The molecule has 29 heavy (non-hydrogen) atoms. The fourth-order valence-corrected chi connectivity index (χ4v) is 4.31.